The molecule has 0 N–H and O–H groups in total. The highest BCUT2D eigenvalue weighted by Crippen LogP contribution is 2.26. The van der Waals surface area contributed by atoms with Crippen LogP contribution in [0, 0.1) is 5.92 Å². The van der Waals surface area contributed by atoms with Crippen molar-refractivity contribution in [2.24, 2.45) is 5.92 Å². The molecule has 19 heavy (non-hydrogen) atoms. The minimum absolute atomic E-state index is 0.201. The zero-order chi connectivity index (χ0) is 13.7. The molecule has 1 heterocycles. The van der Waals surface area contributed by atoms with Crippen LogP contribution in [0.4, 0.5) is 0 Å². The maximum Gasteiger partial charge on any atom is 0.219 e. The fourth-order valence-electron chi connectivity index (χ4n) is 3.15. The highest BCUT2D eigenvalue weighted by Gasteiger charge is 2.22. The molecule has 0 aromatic carbocycles. The highest BCUT2D eigenvalue weighted by atomic mass is 16.5. The summed E-state index contributed by atoms with van der Waals surface area (Å²) >= 11 is 0. The molecule has 0 bridgehead atoms. The fourth-order valence-corrected chi connectivity index (χ4v) is 3.15. The molecule has 1 aliphatic heterocycles. The van der Waals surface area contributed by atoms with E-state index < -0.39 is 0 Å². The predicted molar refractivity (Wildman–Crippen MR) is 76.1 cm³/mol. The molecule has 110 valence electrons. The molecule has 4 nitrogen and oxygen atoms in total. The van der Waals surface area contributed by atoms with Crippen LogP contribution in [0.15, 0.2) is 0 Å². The SMILES string of the molecule is CC(=O)N1CCN(CCOC2CCCCC2C)CC1. The zero-order valence-electron chi connectivity index (χ0n) is 12.4. The summed E-state index contributed by atoms with van der Waals surface area (Å²) in [6.07, 6.45) is 5.73. The van der Waals surface area contributed by atoms with E-state index in [4.69, 9.17) is 4.74 Å². The van der Waals surface area contributed by atoms with Crippen LogP contribution < -0.4 is 0 Å². The van der Waals surface area contributed by atoms with Crippen molar-refractivity contribution in [1.29, 1.82) is 0 Å². The van der Waals surface area contributed by atoms with E-state index in [1.54, 1.807) is 6.92 Å². The second-order valence-electron chi connectivity index (χ2n) is 6.02. The Hall–Kier alpha value is -0.610. The minimum atomic E-state index is 0.201. The average molecular weight is 268 g/mol. The van der Waals surface area contributed by atoms with Gasteiger partial charge in [-0.3, -0.25) is 9.69 Å². The van der Waals surface area contributed by atoms with E-state index in [9.17, 15) is 4.79 Å². The molecule has 2 fully saturated rings. The molecule has 2 atom stereocenters. The van der Waals surface area contributed by atoms with Crippen molar-refractivity contribution in [3.63, 3.8) is 0 Å². The Morgan fingerprint density at radius 3 is 2.47 bits per heavy atom. The normalized spacial score (nSPS) is 29.5. The fraction of sp³-hybridized carbons (Fsp3) is 0.933. The lowest BCUT2D eigenvalue weighted by molar-refractivity contribution is -0.130. The van der Waals surface area contributed by atoms with Crippen LogP contribution in [-0.4, -0.2) is 61.1 Å². The van der Waals surface area contributed by atoms with E-state index in [1.807, 2.05) is 4.90 Å². The van der Waals surface area contributed by atoms with Crippen LogP contribution in [0.5, 0.6) is 0 Å². The Morgan fingerprint density at radius 2 is 1.84 bits per heavy atom. The molecule has 1 saturated heterocycles. The molecule has 0 radical (unpaired) electrons. The first-order chi connectivity index (χ1) is 9.16. The topological polar surface area (TPSA) is 32.8 Å². The van der Waals surface area contributed by atoms with Crippen molar-refractivity contribution in [3.05, 3.63) is 0 Å². The van der Waals surface area contributed by atoms with Gasteiger partial charge in [-0.05, 0) is 18.8 Å². The lowest BCUT2D eigenvalue weighted by Gasteiger charge is -2.35. The van der Waals surface area contributed by atoms with E-state index in [1.165, 1.54) is 25.7 Å². The van der Waals surface area contributed by atoms with Gasteiger partial charge in [-0.2, -0.15) is 0 Å². The second kappa shape index (κ2) is 7.25. The Bertz CT molecular complexity index is 288. The van der Waals surface area contributed by atoms with Crippen LogP contribution in [-0.2, 0) is 9.53 Å². The Labute approximate surface area is 117 Å². The smallest absolute Gasteiger partial charge is 0.219 e. The summed E-state index contributed by atoms with van der Waals surface area (Å²) in [4.78, 5) is 15.6. The molecule has 1 aliphatic carbocycles. The van der Waals surface area contributed by atoms with Gasteiger partial charge in [0.1, 0.15) is 0 Å². The molecule has 2 rings (SSSR count). The van der Waals surface area contributed by atoms with Crippen molar-refractivity contribution in [2.45, 2.75) is 45.6 Å². The summed E-state index contributed by atoms with van der Waals surface area (Å²) in [6, 6.07) is 0. The van der Waals surface area contributed by atoms with Crippen LogP contribution in [0.25, 0.3) is 0 Å². The summed E-state index contributed by atoms with van der Waals surface area (Å²) in [7, 11) is 0. The number of rotatable bonds is 4. The van der Waals surface area contributed by atoms with Crippen molar-refractivity contribution in [1.82, 2.24) is 9.80 Å². The van der Waals surface area contributed by atoms with Gasteiger partial charge in [0.15, 0.2) is 0 Å². The maximum atomic E-state index is 11.2. The van der Waals surface area contributed by atoms with E-state index in [0.29, 0.717) is 6.10 Å². The molecule has 2 unspecified atom stereocenters. The monoisotopic (exact) mass is 268 g/mol. The summed E-state index contributed by atoms with van der Waals surface area (Å²) in [6.45, 7) is 9.54. The largest absolute Gasteiger partial charge is 0.377 e. The van der Waals surface area contributed by atoms with E-state index in [-0.39, 0.29) is 5.91 Å². The summed E-state index contributed by atoms with van der Waals surface area (Å²) in [5, 5.41) is 0. The maximum absolute atomic E-state index is 11.2. The standard InChI is InChI=1S/C15H28N2O2/c1-13-5-3-4-6-15(13)19-12-11-16-7-9-17(10-8-16)14(2)18/h13,15H,3-12H2,1-2H3. The van der Waals surface area contributed by atoms with Gasteiger partial charge in [0.25, 0.3) is 0 Å². The van der Waals surface area contributed by atoms with Crippen molar-refractivity contribution < 1.29 is 9.53 Å². The predicted octanol–water partition coefficient (Wildman–Crippen LogP) is 1.75. The van der Waals surface area contributed by atoms with Crippen LogP contribution in [0.2, 0.25) is 0 Å². The lowest BCUT2D eigenvalue weighted by Crippen LogP contribution is -2.49. The van der Waals surface area contributed by atoms with Gasteiger partial charge in [0.2, 0.25) is 5.91 Å². The van der Waals surface area contributed by atoms with E-state index in [2.05, 4.69) is 11.8 Å². The highest BCUT2D eigenvalue weighted by molar-refractivity contribution is 5.73. The number of amides is 1. The van der Waals surface area contributed by atoms with Crippen molar-refractivity contribution in [2.75, 3.05) is 39.3 Å². The molecule has 1 saturated carbocycles. The number of hydrogen-bond acceptors (Lipinski definition) is 3. The third-order valence-electron chi connectivity index (χ3n) is 4.59. The number of ether oxygens (including phenoxy) is 1. The zero-order valence-corrected chi connectivity index (χ0v) is 12.4. The van der Waals surface area contributed by atoms with Gasteiger partial charge in [-0.1, -0.05) is 19.8 Å². The molecule has 2 aliphatic rings. The number of carbonyl (C=O) groups excluding carboxylic acids is 1. The number of piperazine rings is 1. The van der Waals surface area contributed by atoms with Gasteiger partial charge >= 0.3 is 0 Å². The van der Waals surface area contributed by atoms with Gasteiger partial charge in [0.05, 0.1) is 12.7 Å². The Balaban J connectivity index is 1.60. The van der Waals surface area contributed by atoms with Crippen molar-refractivity contribution in [3.8, 4) is 0 Å². The number of nitrogens with zero attached hydrogens (tertiary/aromatic N) is 2. The van der Waals surface area contributed by atoms with Gasteiger partial charge < -0.3 is 9.64 Å². The van der Waals surface area contributed by atoms with E-state index in [0.717, 1.165) is 45.2 Å². The van der Waals surface area contributed by atoms with E-state index >= 15 is 0 Å². The van der Waals surface area contributed by atoms with Gasteiger partial charge in [-0.25, -0.2) is 0 Å². The summed E-state index contributed by atoms with van der Waals surface area (Å²) < 4.78 is 6.05. The van der Waals surface area contributed by atoms with Gasteiger partial charge in [-0.15, -0.1) is 0 Å². The molecule has 1 amide bonds. The first kappa shape index (κ1) is 14.8. The molecule has 4 heteroatoms. The molecular formula is C15H28N2O2. The molecule has 0 aromatic heterocycles. The minimum Gasteiger partial charge on any atom is -0.377 e. The van der Waals surface area contributed by atoms with Crippen LogP contribution in [0.3, 0.4) is 0 Å². The summed E-state index contributed by atoms with van der Waals surface area (Å²) in [5.41, 5.74) is 0. The quantitative estimate of drug-likeness (QED) is 0.778. The average Bonchev–Trinajstić information content (AvgIpc) is 2.41. The Morgan fingerprint density at radius 1 is 1.16 bits per heavy atom. The lowest BCUT2D eigenvalue weighted by atomic mass is 9.88. The second-order valence-corrected chi connectivity index (χ2v) is 6.02. The molecular weight excluding hydrogens is 240 g/mol. The first-order valence-electron chi connectivity index (χ1n) is 7.76. The number of carbonyl (C=O) groups is 1. The molecule has 0 spiro atoms. The van der Waals surface area contributed by atoms with Crippen LogP contribution in [0.1, 0.15) is 39.5 Å². The van der Waals surface area contributed by atoms with Crippen molar-refractivity contribution >= 4 is 5.91 Å². The van der Waals surface area contributed by atoms with Gasteiger partial charge in [0, 0.05) is 39.6 Å². The summed E-state index contributed by atoms with van der Waals surface area (Å²) in [5.74, 6) is 0.926. The van der Waals surface area contributed by atoms with Crippen LogP contribution >= 0.6 is 0 Å². The molecule has 0 aromatic rings. The third kappa shape index (κ3) is 4.46. The first-order valence-corrected chi connectivity index (χ1v) is 7.76. The third-order valence-corrected chi connectivity index (χ3v) is 4.59. The Kier molecular flexibility index (Phi) is 5.64. The number of hydrogen-bond donors (Lipinski definition) is 0.